The van der Waals surface area contributed by atoms with Gasteiger partial charge in [-0.1, -0.05) is 33.6 Å². The molecule has 0 heterocycles. The minimum atomic E-state index is 0. The van der Waals surface area contributed by atoms with Crippen LogP contribution >= 0.6 is 0 Å². The average molecular weight is 201 g/mol. The van der Waals surface area contributed by atoms with Gasteiger partial charge in [-0.05, 0) is 37.5 Å². The lowest BCUT2D eigenvalue weighted by atomic mass is 9.58. The van der Waals surface area contributed by atoms with Gasteiger partial charge in [-0.15, -0.1) is 0 Å². The van der Waals surface area contributed by atoms with Gasteiger partial charge in [0.05, 0.1) is 0 Å². The molecule has 1 fully saturated rings. The van der Waals surface area contributed by atoms with Gasteiger partial charge < -0.3 is 11.2 Å². The van der Waals surface area contributed by atoms with Crippen LogP contribution in [0.4, 0.5) is 0 Å². The topological polar surface area (TPSA) is 57.5 Å². The Hall–Kier alpha value is -0.0800. The van der Waals surface area contributed by atoms with Crippen molar-refractivity contribution in [2.45, 2.75) is 71.3 Å². The average Bonchev–Trinajstić information content (AvgIpc) is 2.19. The summed E-state index contributed by atoms with van der Waals surface area (Å²) in [6.07, 6.45) is 8.98. The van der Waals surface area contributed by atoms with Crippen molar-refractivity contribution in [2.24, 2.45) is 11.1 Å². The molecule has 0 aliphatic heterocycles. The predicted octanol–water partition coefficient (Wildman–Crippen LogP) is 2.65. The Kier molecular flexibility index (Phi) is 5.10. The maximum absolute atomic E-state index is 6.56. The summed E-state index contributed by atoms with van der Waals surface area (Å²) in [5.74, 6) is 0. The van der Waals surface area contributed by atoms with Crippen LogP contribution in [0.3, 0.4) is 0 Å². The summed E-state index contributed by atoms with van der Waals surface area (Å²) in [5, 5.41) is 0. The molecule has 0 aromatic rings. The number of hydrogen-bond donors (Lipinski definition) is 1. The van der Waals surface area contributed by atoms with Crippen LogP contribution < -0.4 is 5.73 Å². The van der Waals surface area contributed by atoms with Gasteiger partial charge in [0.2, 0.25) is 0 Å². The molecule has 1 aliphatic carbocycles. The van der Waals surface area contributed by atoms with Gasteiger partial charge in [0.25, 0.3) is 0 Å². The Morgan fingerprint density at radius 2 is 1.43 bits per heavy atom. The van der Waals surface area contributed by atoms with Gasteiger partial charge in [-0.2, -0.15) is 0 Å². The van der Waals surface area contributed by atoms with Crippen LogP contribution in [-0.2, 0) is 0 Å². The van der Waals surface area contributed by atoms with E-state index in [2.05, 4.69) is 20.8 Å². The molecule has 1 aliphatic rings. The Labute approximate surface area is 88.6 Å². The van der Waals surface area contributed by atoms with E-state index in [9.17, 15) is 0 Å². The minimum absolute atomic E-state index is 0. The molecule has 0 amide bonds. The first kappa shape index (κ1) is 13.9. The van der Waals surface area contributed by atoms with Crippen LogP contribution in [0.2, 0.25) is 0 Å². The molecule has 4 N–H and O–H groups in total. The van der Waals surface area contributed by atoms with Crippen LogP contribution in [0, 0.1) is 5.41 Å². The van der Waals surface area contributed by atoms with E-state index in [-0.39, 0.29) is 11.0 Å². The van der Waals surface area contributed by atoms with Crippen LogP contribution in [-0.4, -0.2) is 11.0 Å². The molecule has 0 spiro atoms. The van der Waals surface area contributed by atoms with Gasteiger partial charge in [-0.3, -0.25) is 0 Å². The zero-order chi connectivity index (χ0) is 9.95. The maximum Gasteiger partial charge on any atom is 0.0208 e. The SMILES string of the molecule is CCC1(N)CCCCC1(CC)CC.O. The van der Waals surface area contributed by atoms with E-state index in [0.29, 0.717) is 5.41 Å². The largest absolute Gasteiger partial charge is 0.412 e. The molecule has 2 heteroatoms. The molecule has 0 radical (unpaired) electrons. The minimum Gasteiger partial charge on any atom is -0.412 e. The van der Waals surface area contributed by atoms with E-state index < -0.39 is 0 Å². The second-order valence-electron chi connectivity index (χ2n) is 4.70. The van der Waals surface area contributed by atoms with Gasteiger partial charge >= 0.3 is 0 Å². The van der Waals surface area contributed by atoms with Crippen LogP contribution in [0.1, 0.15) is 65.7 Å². The van der Waals surface area contributed by atoms with Crippen molar-refractivity contribution in [3.63, 3.8) is 0 Å². The second kappa shape index (κ2) is 5.13. The van der Waals surface area contributed by atoms with Gasteiger partial charge in [0.1, 0.15) is 0 Å². The molecule has 1 unspecified atom stereocenters. The van der Waals surface area contributed by atoms with Crippen molar-refractivity contribution >= 4 is 0 Å². The number of rotatable bonds is 3. The van der Waals surface area contributed by atoms with Crippen LogP contribution in [0.15, 0.2) is 0 Å². The summed E-state index contributed by atoms with van der Waals surface area (Å²) < 4.78 is 0. The first-order valence-corrected chi connectivity index (χ1v) is 5.93. The predicted molar refractivity (Wildman–Crippen MR) is 62.3 cm³/mol. The lowest BCUT2D eigenvalue weighted by Gasteiger charge is -2.51. The molecule has 0 aromatic carbocycles. The van der Waals surface area contributed by atoms with Crippen molar-refractivity contribution in [3.8, 4) is 0 Å². The molecule has 0 bridgehead atoms. The molecular weight excluding hydrogens is 174 g/mol. The molecule has 14 heavy (non-hydrogen) atoms. The second-order valence-corrected chi connectivity index (χ2v) is 4.70. The lowest BCUT2D eigenvalue weighted by Crippen LogP contribution is -2.56. The van der Waals surface area contributed by atoms with E-state index >= 15 is 0 Å². The molecule has 1 saturated carbocycles. The summed E-state index contributed by atoms with van der Waals surface area (Å²) >= 11 is 0. The van der Waals surface area contributed by atoms with Gasteiger partial charge in [-0.25, -0.2) is 0 Å². The van der Waals surface area contributed by atoms with Gasteiger partial charge in [0.15, 0.2) is 0 Å². The third-order valence-corrected chi connectivity index (χ3v) is 4.57. The number of nitrogens with two attached hydrogens (primary N) is 1. The Morgan fingerprint density at radius 1 is 0.929 bits per heavy atom. The molecule has 0 aromatic heterocycles. The highest BCUT2D eigenvalue weighted by Crippen LogP contribution is 2.49. The van der Waals surface area contributed by atoms with Crippen LogP contribution in [0.5, 0.6) is 0 Å². The Balaban J connectivity index is 0.00000169. The molecule has 1 atom stereocenters. The Morgan fingerprint density at radius 3 is 1.79 bits per heavy atom. The highest BCUT2D eigenvalue weighted by atomic mass is 16.0. The zero-order valence-corrected chi connectivity index (χ0v) is 10.0. The molecule has 0 saturated heterocycles. The van der Waals surface area contributed by atoms with Crippen LogP contribution in [0.25, 0.3) is 0 Å². The van der Waals surface area contributed by atoms with E-state index in [4.69, 9.17) is 5.73 Å². The smallest absolute Gasteiger partial charge is 0.0208 e. The van der Waals surface area contributed by atoms with Crippen molar-refractivity contribution < 1.29 is 5.48 Å². The highest BCUT2D eigenvalue weighted by Gasteiger charge is 2.46. The number of hydrogen-bond acceptors (Lipinski definition) is 1. The van der Waals surface area contributed by atoms with E-state index in [0.717, 1.165) is 6.42 Å². The van der Waals surface area contributed by atoms with Crippen molar-refractivity contribution in [2.75, 3.05) is 0 Å². The summed E-state index contributed by atoms with van der Waals surface area (Å²) in [7, 11) is 0. The van der Waals surface area contributed by atoms with Crippen molar-refractivity contribution in [1.82, 2.24) is 0 Å². The summed E-state index contributed by atoms with van der Waals surface area (Å²) in [6.45, 7) is 6.88. The van der Waals surface area contributed by atoms with Crippen molar-refractivity contribution in [3.05, 3.63) is 0 Å². The molecule has 2 nitrogen and oxygen atoms in total. The maximum atomic E-state index is 6.56. The first-order chi connectivity index (χ1) is 6.14. The Bertz CT molecular complexity index is 166. The van der Waals surface area contributed by atoms with Gasteiger partial charge in [0, 0.05) is 5.54 Å². The third-order valence-electron chi connectivity index (χ3n) is 4.57. The molecular formula is C12H27NO. The standard InChI is InChI=1S/C12H25N.H2O/c1-4-11(5-2)9-7-8-10-12(11,13)6-3;/h4-10,13H2,1-3H3;1H2. The third kappa shape index (κ3) is 1.96. The molecule has 86 valence electrons. The fourth-order valence-corrected chi connectivity index (χ4v) is 3.28. The zero-order valence-electron chi connectivity index (χ0n) is 10.0. The monoisotopic (exact) mass is 201 g/mol. The summed E-state index contributed by atoms with van der Waals surface area (Å²) in [4.78, 5) is 0. The van der Waals surface area contributed by atoms with E-state index in [1.165, 1.54) is 38.5 Å². The fraction of sp³-hybridized carbons (Fsp3) is 1.00. The van der Waals surface area contributed by atoms with E-state index in [1.54, 1.807) is 0 Å². The van der Waals surface area contributed by atoms with Crippen molar-refractivity contribution in [1.29, 1.82) is 0 Å². The highest BCUT2D eigenvalue weighted by molar-refractivity contribution is 5.02. The molecule has 1 rings (SSSR count). The normalized spacial score (nSPS) is 30.9. The lowest BCUT2D eigenvalue weighted by molar-refractivity contribution is 0.0478. The fourth-order valence-electron chi connectivity index (χ4n) is 3.28. The quantitative estimate of drug-likeness (QED) is 0.749. The first-order valence-electron chi connectivity index (χ1n) is 5.93. The summed E-state index contributed by atoms with van der Waals surface area (Å²) in [6, 6.07) is 0. The van der Waals surface area contributed by atoms with E-state index in [1.807, 2.05) is 0 Å². The summed E-state index contributed by atoms with van der Waals surface area (Å²) in [5.41, 5.74) is 7.14.